The largest absolute Gasteiger partial charge is 0.311 e. The Balaban J connectivity index is 1.22. The molecule has 0 aromatic heterocycles. The Kier molecular flexibility index (Phi) is 7.04. The number of anilines is 9. The Hall–Kier alpha value is -6.52. The molecule has 0 atom stereocenters. The molecular weight excluding hydrogens is 629 g/mol. The monoisotopic (exact) mass is 665 g/mol. The standard InChI is InChI=1S/C48H36BN3/c1-33-19-24-38(25-20-33)50(39-26-21-34(2)22-27-39)41-29-30-43-47(32-41)51(37-13-4-3-5-14-37)45-17-10-18-46-48(45)49(43)42-15-8-9-16-44(42)52(46)40-28-23-35-11-6-7-12-36(35)31-40/h3-32H,1-2H3. The van der Waals surface area contributed by atoms with Gasteiger partial charge in [0.15, 0.2) is 0 Å². The van der Waals surface area contributed by atoms with Gasteiger partial charge in [0.25, 0.3) is 6.71 Å². The maximum atomic E-state index is 2.48. The van der Waals surface area contributed by atoms with Gasteiger partial charge in [-0.15, -0.1) is 0 Å². The molecule has 246 valence electrons. The molecule has 2 aliphatic heterocycles. The zero-order valence-corrected chi connectivity index (χ0v) is 29.2. The Morgan fingerprint density at radius 3 is 1.65 bits per heavy atom. The zero-order chi connectivity index (χ0) is 34.8. The van der Waals surface area contributed by atoms with Crippen molar-refractivity contribution < 1.29 is 0 Å². The summed E-state index contributed by atoms with van der Waals surface area (Å²) < 4.78 is 0. The van der Waals surface area contributed by atoms with Crippen LogP contribution in [0.1, 0.15) is 11.1 Å². The van der Waals surface area contributed by atoms with Crippen LogP contribution in [0, 0.1) is 13.8 Å². The lowest BCUT2D eigenvalue weighted by atomic mass is 9.33. The molecule has 10 rings (SSSR count). The molecule has 0 aliphatic carbocycles. The lowest BCUT2D eigenvalue weighted by Gasteiger charge is -2.44. The summed E-state index contributed by atoms with van der Waals surface area (Å²) in [5, 5.41) is 2.48. The number of fused-ring (bicyclic) bond motifs is 5. The molecule has 0 saturated carbocycles. The van der Waals surface area contributed by atoms with Crippen LogP contribution in [0.5, 0.6) is 0 Å². The highest BCUT2D eigenvalue weighted by atomic mass is 15.2. The number of hydrogen-bond donors (Lipinski definition) is 0. The van der Waals surface area contributed by atoms with E-state index >= 15 is 0 Å². The van der Waals surface area contributed by atoms with Crippen molar-refractivity contribution in [2.45, 2.75) is 13.8 Å². The van der Waals surface area contributed by atoms with Crippen LogP contribution in [0.3, 0.4) is 0 Å². The van der Waals surface area contributed by atoms with Crippen LogP contribution >= 0.6 is 0 Å². The molecular formula is C48H36BN3. The van der Waals surface area contributed by atoms with Crippen LogP contribution in [0.4, 0.5) is 51.2 Å². The average Bonchev–Trinajstić information content (AvgIpc) is 3.19. The molecule has 0 unspecified atom stereocenters. The van der Waals surface area contributed by atoms with Crippen LogP contribution in [0.15, 0.2) is 182 Å². The van der Waals surface area contributed by atoms with Crippen LogP contribution in [0.25, 0.3) is 10.8 Å². The third-order valence-electron chi connectivity index (χ3n) is 10.7. The van der Waals surface area contributed by atoms with E-state index in [-0.39, 0.29) is 6.71 Å². The number of nitrogens with zero attached hydrogens (tertiary/aromatic N) is 3. The van der Waals surface area contributed by atoms with E-state index in [1.54, 1.807) is 0 Å². The van der Waals surface area contributed by atoms with Gasteiger partial charge in [0.2, 0.25) is 0 Å². The molecule has 2 heterocycles. The lowest BCUT2D eigenvalue weighted by Crippen LogP contribution is -2.61. The fraction of sp³-hybridized carbons (Fsp3) is 0.0417. The second-order valence-corrected chi connectivity index (χ2v) is 14.0. The van der Waals surface area contributed by atoms with Gasteiger partial charge in [-0.3, -0.25) is 0 Å². The first-order valence-corrected chi connectivity index (χ1v) is 18.1. The predicted octanol–water partition coefficient (Wildman–Crippen LogP) is 11.0. The number of para-hydroxylation sites is 2. The summed E-state index contributed by atoms with van der Waals surface area (Å²) in [5.41, 5.74) is 16.9. The van der Waals surface area contributed by atoms with Crippen molar-refractivity contribution in [1.82, 2.24) is 0 Å². The molecule has 0 bridgehead atoms. The van der Waals surface area contributed by atoms with E-state index < -0.39 is 0 Å². The summed E-state index contributed by atoms with van der Waals surface area (Å²) in [6.07, 6.45) is 0. The van der Waals surface area contributed by atoms with E-state index in [2.05, 4.69) is 211 Å². The first-order valence-electron chi connectivity index (χ1n) is 18.1. The van der Waals surface area contributed by atoms with E-state index in [4.69, 9.17) is 0 Å². The maximum absolute atomic E-state index is 2.48. The number of hydrogen-bond acceptors (Lipinski definition) is 3. The van der Waals surface area contributed by atoms with Crippen molar-refractivity contribution in [3.05, 3.63) is 193 Å². The summed E-state index contributed by atoms with van der Waals surface area (Å²) in [5.74, 6) is 0. The fourth-order valence-corrected chi connectivity index (χ4v) is 8.29. The summed E-state index contributed by atoms with van der Waals surface area (Å²) >= 11 is 0. The van der Waals surface area contributed by atoms with Gasteiger partial charge in [-0.2, -0.15) is 0 Å². The lowest BCUT2D eigenvalue weighted by molar-refractivity contribution is 1.24. The molecule has 52 heavy (non-hydrogen) atoms. The van der Waals surface area contributed by atoms with E-state index in [0.717, 1.165) is 28.4 Å². The molecule has 8 aromatic carbocycles. The van der Waals surface area contributed by atoms with Crippen molar-refractivity contribution in [1.29, 1.82) is 0 Å². The van der Waals surface area contributed by atoms with Gasteiger partial charge in [0.1, 0.15) is 0 Å². The topological polar surface area (TPSA) is 9.72 Å². The zero-order valence-electron chi connectivity index (χ0n) is 29.2. The highest BCUT2D eigenvalue weighted by Gasteiger charge is 2.43. The third-order valence-corrected chi connectivity index (χ3v) is 10.7. The Morgan fingerprint density at radius 2 is 0.942 bits per heavy atom. The van der Waals surface area contributed by atoms with Crippen LogP contribution in [-0.4, -0.2) is 6.71 Å². The minimum atomic E-state index is 0.0651. The summed E-state index contributed by atoms with van der Waals surface area (Å²) in [6.45, 7) is 4.35. The first kappa shape index (κ1) is 30.3. The summed E-state index contributed by atoms with van der Waals surface area (Å²) in [7, 11) is 0. The molecule has 8 aromatic rings. The molecule has 0 spiro atoms. The van der Waals surface area contributed by atoms with Gasteiger partial charge < -0.3 is 14.7 Å². The second kappa shape index (κ2) is 12.1. The third kappa shape index (κ3) is 4.83. The number of benzene rings is 8. The maximum Gasteiger partial charge on any atom is 0.252 e. The smallest absolute Gasteiger partial charge is 0.252 e. The molecule has 0 saturated heterocycles. The molecule has 4 heteroatoms. The van der Waals surface area contributed by atoms with Crippen molar-refractivity contribution in [3.8, 4) is 0 Å². The van der Waals surface area contributed by atoms with Gasteiger partial charge in [-0.25, -0.2) is 0 Å². The normalized spacial score (nSPS) is 12.7. The van der Waals surface area contributed by atoms with E-state index in [1.165, 1.54) is 61.0 Å². The molecule has 3 nitrogen and oxygen atoms in total. The molecule has 0 radical (unpaired) electrons. The van der Waals surface area contributed by atoms with Crippen LogP contribution in [0.2, 0.25) is 0 Å². The highest BCUT2D eigenvalue weighted by Crippen LogP contribution is 2.46. The van der Waals surface area contributed by atoms with E-state index in [0.29, 0.717) is 0 Å². The van der Waals surface area contributed by atoms with E-state index in [1.807, 2.05) is 0 Å². The van der Waals surface area contributed by atoms with Crippen molar-refractivity contribution in [2.24, 2.45) is 0 Å². The molecule has 0 amide bonds. The number of aryl methyl sites for hydroxylation is 2. The highest BCUT2D eigenvalue weighted by molar-refractivity contribution is 7.00. The Labute approximate surface area is 305 Å². The Bertz CT molecular complexity index is 2570. The van der Waals surface area contributed by atoms with Crippen LogP contribution < -0.4 is 31.1 Å². The summed E-state index contributed by atoms with van der Waals surface area (Å²) in [4.78, 5) is 7.32. The predicted molar refractivity (Wildman–Crippen MR) is 222 cm³/mol. The molecule has 0 fully saturated rings. The molecule has 0 N–H and O–H groups in total. The molecule has 2 aliphatic rings. The fourth-order valence-electron chi connectivity index (χ4n) is 8.29. The van der Waals surface area contributed by atoms with Gasteiger partial charge in [0, 0.05) is 51.2 Å². The SMILES string of the molecule is Cc1ccc(N(c2ccc(C)cc2)c2ccc3c(c2)N(c2ccccc2)c2cccc4c2B3c2ccccc2N4c2ccc3ccccc3c2)cc1. The quantitative estimate of drug-likeness (QED) is 0.169. The van der Waals surface area contributed by atoms with Gasteiger partial charge in [-0.05, 0) is 120 Å². The minimum absolute atomic E-state index is 0.0651. The van der Waals surface area contributed by atoms with Crippen LogP contribution in [-0.2, 0) is 0 Å². The Morgan fingerprint density at radius 1 is 0.385 bits per heavy atom. The van der Waals surface area contributed by atoms with Gasteiger partial charge >= 0.3 is 0 Å². The van der Waals surface area contributed by atoms with Crippen molar-refractivity contribution in [3.63, 3.8) is 0 Å². The second-order valence-electron chi connectivity index (χ2n) is 14.0. The average molecular weight is 666 g/mol. The minimum Gasteiger partial charge on any atom is -0.311 e. The van der Waals surface area contributed by atoms with Crippen molar-refractivity contribution in [2.75, 3.05) is 14.7 Å². The van der Waals surface area contributed by atoms with Gasteiger partial charge in [0.05, 0.1) is 0 Å². The summed E-state index contributed by atoms with van der Waals surface area (Å²) in [6, 6.07) is 66.9. The van der Waals surface area contributed by atoms with Gasteiger partial charge in [-0.1, -0.05) is 114 Å². The number of rotatable bonds is 5. The van der Waals surface area contributed by atoms with Crippen molar-refractivity contribution >= 4 is 85.1 Å². The van der Waals surface area contributed by atoms with E-state index in [9.17, 15) is 0 Å². The first-order chi connectivity index (χ1) is 25.6.